The number of nitrogens with two attached hydrogens (primary N) is 1. The van der Waals surface area contributed by atoms with Gasteiger partial charge in [0.25, 0.3) is 10.0 Å². The largest absolute Gasteiger partial charge is 0.367 e. The van der Waals surface area contributed by atoms with Gasteiger partial charge in [0.1, 0.15) is 0 Å². The van der Waals surface area contributed by atoms with E-state index in [2.05, 4.69) is 9.50 Å². The normalized spacial score (nSPS) is 18.6. The zero-order valence-corrected chi connectivity index (χ0v) is 12.7. The fourth-order valence-electron chi connectivity index (χ4n) is 1.68. The lowest BCUT2D eigenvalue weighted by molar-refractivity contribution is 0.383. The van der Waals surface area contributed by atoms with Gasteiger partial charge in [-0.2, -0.15) is 13.5 Å². The lowest BCUT2D eigenvalue weighted by Gasteiger charge is -2.17. The highest BCUT2D eigenvalue weighted by atomic mass is 35.5. The smallest absolute Gasteiger partial charge is 0.285 e. The number of rotatable bonds is 2. The van der Waals surface area contributed by atoms with Gasteiger partial charge in [0.05, 0.1) is 11.4 Å². The molecule has 6 nitrogen and oxygen atoms in total. The summed E-state index contributed by atoms with van der Waals surface area (Å²) < 4.78 is 27.8. The van der Waals surface area contributed by atoms with Gasteiger partial charge in [-0.1, -0.05) is 31.5 Å². The monoisotopic (exact) mass is 314 g/mol. The number of halogens is 1. The van der Waals surface area contributed by atoms with E-state index in [1.807, 2.05) is 13.8 Å². The molecule has 0 aromatic heterocycles. The van der Waals surface area contributed by atoms with Crippen molar-refractivity contribution >= 4 is 33.8 Å². The zero-order chi connectivity index (χ0) is 15.0. The minimum atomic E-state index is -3.89. The molecule has 0 saturated heterocycles. The molecule has 2 N–H and O–H groups in total. The Kier molecular flexibility index (Phi) is 3.75. The van der Waals surface area contributed by atoms with Crippen LogP contribution in [0.1, 0.15) is 13.8 Å². The molecule has 0 atom stereocenters. The Labute approximate surface area is 123 Å². The van der Waals surface area contributed by atoms with Crippen LogP contribution in [-0.4, -0.2) is 32.1 Å². The van der Waals surface area contributed by atoms with Gasteiger partial charge in [0, 0.05) is 16.7 Å². The Morgan fingerprint density at radius 1 is 1.50 bits per heavy atom. The van der Waals surface area contributed by atoms with Crippen molar-refractivity contribution < 1.29 is 8.42 Å². The first-order valence-corrected chi connectivity index (χ1v) is 7.70. The van der Waals surface area contributed by atoms with Gasteiger partial charge in [-0.05, 0) is 18.2 Å². The Morgan fingerprint density at radius 3 is 2.75 bits per heavy atom. The number of hydrogen-bond acceptors (Lipinski definition) is 3. The average Bonchev–Trinajstić information content (AvgIpc) is 2.69. The molecule has 108 valence electrons. The van der Waals surface area contributed by atoms with Gasteiger partial charge < -0.3 is 5.73 Å². The molecule has 0 fully saturated rings. The summed E-state index contributed by atoms with van der Waals surface area (Å²) in [6.45, 7) is 4.41. The average molecular weight is 315 g/mol. The van der Waals surface area contributed by atoms with Crippen LogP contribution in [0.25, 0.3) is 0 Å². The number of benzene rings is 1. The fraction of sp³-hybridized carbons (Fsp3) is 0.333. The van der Waals surface area contributed by atoms with E-state index in [0.717, 1.165) is 0 Å². The summed E-state index contributed by atoms with van der Waals surface area (Å²) >= 11 is 5.77. The van der Waals surface area contributed by atoms with Crippen LogP contribution in [0.3, 0.4) is 0 Å². The number of hydrogen-bond donors (Lipinski definition) is 1. The number of nitrogens with zero attached hydrogens (tertiary/aromatic N) is 3. The zero-order valence-electron chi connectivity index (χ0n) is 11.1. The lowest BCUT2D eigenvalue weighted by atomic mass is 9.97. The minimum Gasteiger partial charge on any atom is -0.367 e. The van der Waals surface area contributed by atoms with E-state index in [1.165, 1.54) is 23.2 Å². The lowest BCUT2D eigenvalue weighted by Crippen LogP contribution is -2.35. The van der Waals surface area contributed by atoms with Crippen molar-refractivity contribution in [2.24, 2.45) is 20.6 Å². The Balaban J connectivity index is 2.28. The van der Waals surface area contributed by atoms with E-state index in [-0.39, 0.29) is 16.3 Å². The number of guanidine groups is 1. The SMILES string of the molecule is CC1(C)C=NN(/C(N)=N/S(=O)(=O)c2cccc(Cl)c2)C1. The van der Waals surface area contributed by atoms with Crippen molar-refractivity contribution in [3.8, 4) is 0 Å². The predicted octanol–water partition coefficient (Wildman–Crippen LogP) is 1.67. The van der Waals surface area contributed by atoms with Crippen LogP contribution in [0.15, 0.2) is 38.7 Å². The predicted molar refractivity (Wildman–Crippen MR) is 79.2 cm³/mol. The topological polar surface area (TPSA) is 88.1 Å². The van der Waals surface area contributed by atoms with Gasteiger partial charge in [-0.25, -0.2) is 5.01 Å². The third-order valence-corrected chi connectivity index (χ3v) is 4.19. The molecule has 0 amide bonds. The molecule has 1 aliphatic rings. The molecule has 1 aromatic rings. The summed E-state index contributed by atoms with van der Waals surface area (Å²) in [6.07, 6.45) is 1.71. The standard InChI is InChI=1S/C12H15ClN4O2S/c1-12(2)7-15-17(8-12)11(14)16-20(18,19)10-5-3-4-9(13)6-10/h3-7H,8H2,1-2H3,(H2,14,16). The van der Waals surface area contributed by atoms with Crippen molar-refractivity contribution in [2.45, 2.75) is 18.7 Å². The van der Waals surface area contributed by atoms with Gasteiger partial charge >= 0.3 is 0 Å². The molecule has 1 heterocycles. The third kappa shape index (κ3) is 3.29. The van der Waals surface area contributed by atoms with Crippen LogP contribution in [-0.2, 0) is 10.0 Å². The van der Waals surface area contributed by atoms with Crippen molar-refractivity contribution in [3.05, 3.63) is 29.3 Å². The van der Waals surface area contributed by atoms with Crippen LogP contribution >= 0.6 is 11.6 Å². The molecule has 1 aromatic carbocycles. The highest BCUT2D eigenvalue weighted by Gasteiger charge is 2.28. The van der Waals surface area contributed by atoms with Crippen molar-refractivity contribution in [1.29, 1.82) is 0 Å². The van der Waals surface area contributed by atoms with Crippen LogP contribution in [0, 0.1) is 5.41 Å². The van der Waals surface area contributed by atoms with Crippen molar-refractivity contribution in [2.75, 3.05) is 6.54 Å². The highest BCUT2D eigenvalue weighted by Crippen LogP contribution is 2.21. The Morgan fingerprint density at radius 2 is 2.20 bits per heavy atom. The summed E-state index contributed by atoms with van der Waals surface area (Å²) in [5.74, 6) is -0.160. The molecular weight excluding hydrogens is 300 g/mol. The minimum absolute atomic E-state index is 0.00427. The van der Waals surface area contributed by atoms with Gasteiger partial charge in [-0.3, -0.25) is 0 Å². The maximum absolute atomic E-state index is 12.1. The number of hydrazone groups is 1. The first-order chi connectivity index (χ1) is 9.20. The molecule has 0 saturated carbocycles. The molecule has 2 rings (SSSR count). The van der Waals surface area contributed by atoms with E-state index < -0.39 is 10.0 Å². The molecular formula is C12H15ClN4O2S. The van der Waals surface area contributed by atoms with Crippen LogP contribution in [0.2, 0.25) is 5.02 Å². The molecule has 0 unspecified atom stereocenters. The van der Waals surface area contributed by atoms with Crippen LogP contribution in [0.4, 0.5) is 0 Å². The van der Waals surface area contributed by atoms with Crippen LogP contribution < -0.4 is 5.73 Å². The van der Waals surface area contributed by atoms with Crippen LogP contribution in [0.5, 0.6) is 0 Å². The van der Waals surface area contributed by atoms with E-state index >= 15 is 0 Å². The van der Waals surface area contributed by atoms with Gasteiger partial charge in [0.15, 0.2) is 0 Å². The van der Waals surface area contributed by atoms with Gasteiger partial charge in [-0.15, -0.1) is 4.40 Å². The summed E-state index contributed by atoms with van der Waals surface area (Å²) in [4.78, 5) is -0.00427. The second kappa shape index (κ2) is 5.06. The summed E-state index contributed by atoms with van der Waals surface area (Å²) in [6, 6.07) is 5.86. The molecule has 0 radical (unpaired) electrons. The Bertz CT molecular complexity index is 682. The third-order valence-electron chi connectivity index (χ3n) is 2.68. The highest BCUT2D eigenvalue weighted by molar-refractivity contribution is 7.90. The molecule has 0 bridgehead atoms. The first-order valence-electron chi connectivity index (χ1n) is 5.88. The molecule has 0 aliphatic carbocycles. The van der Waals surface area contributed by atoms with E-state index in [0.29, 0.717) is 11.6 Å². The van der Waals surface area contributed by atoms with Gasteiger partial charge in [0.2, 0.25) is 5.96 Å². The fourth-order valence-corrected chi connectivity index (χ4v) is 2.91. The quantitative estimate of drug-likeness (QED) is 0.664. The second-order valence-corrected chi connectivity index (χ2v) is 7.21. The number of sulfonamides is 1. The second-order valence-electron chi connectivity index (χ2n) is 5.17. The Hall–Kier alpha value is -1.60. The molecule has 20 heavy (non-hydrogen) atoms. The van der Waals surface area contributed by atoms with E-state index in [4.69, 9.17) is 17.3 Å². The molecule has 1 aliphatic heterocycles. The molecule has 8 heteroatoms. The maximum atomic E-state index is 12.1. The summed E-state index contributed by atoms with van der Waals surface area (Å²) in [7, 11) is -3.89. The maximum Gasteiger partial charge on any atom is 0.285 e. The first kappa shape index (κ1) is 14.8. The summed E-state index contributed by atoms with van der Waals surface area (Å²) in [5.41, 5.74) is 5.54. The van der Waals surface area contributed by atoms with Crippen molar-refractivity contribution in [3.63, 3.8) is 0 Å². The van der Waals surface area contributed by atoms with E-state index in [9.17, 15) is 8.42 Å². The summed E-state index contributed by atoms with van der Waals surface area (Å²) in [5, 5.41) is 5.73. The van der Waals surface area contributed by atoms with E-state index in [1.54, 1.807) is 12.3 Å². The molecule has 0 spiro atoms. The van der Waals surface area contributed by atoms with Crippen molar-refractivity contribution in [1.82, 2.24) is 5.01 Å².